The van der Waals surface area contributed by atoms with Crippen LogP contribution in [0, 0.1) is 5.92 Å². The maximum Gasteiger partial charge on any atom is 0.181 e. The van der Waals surface area contributed by atoms with E-state index in [1.165, 1.54) is 30.6 Å². The molecule has 2 rings (SSSR count). The van der Waals surface area contributed by atoms with E-state index in [2.05, 4.69) is 20.9 Å². The summed E-state index contributed by atoms with van der Waals surface area (Å²) in [4.78, 5) is 5.49. The highest BCUT2D eigenvalue weighted by atomic mass is 79.9. The van der Waals surface area contributed by atoms with E-state index in [-0.39, 0.29) is 0 Å². The van der Waals surface area contributed by atoms with Crippen LogP contribution < -0.4 is 5.73 Å². The lowest BCUT2D eigenvalue weighted by Gasteiger charge is -2.05. The molecule has 2 nitrogen and oxygen atoms in total. The Morgan fingerprint density at radius 3 is 2.69 bits per heavy atom. The molecule has 0 spiro atoms. The first-order chi connectivity index (χ1) is 6.25. The zero-order valence-electron chi connectivity index (χ0n) is 7.42. The molecule has 0 atom stereocenters. The molecule has 0 radical (unpaired) electrons. The molecule has 1 heterocycles. The molecule has 0 amide bonds. The SMILES string of the molecule is Nc1nc(Br)c(CC2CCCC2)s1. The largest absolute Gasteiger partial charge is 0.375 e. The number of thiazole rings is 1. The minimum atomic E-state index is 0.680. The molecule has 1 aromatic rings. The lowest BCUT2D eigenvalue weighted by molar-refractivity contribution is 0.549. The zero-order chi connectivity index (χ0) is 9.26. The monoisotopic (exact) mass is 260 g/mol. The summed E-state index contributed by atoms with van der Waals surface area (Å²) >= 11 is 5.06. The van der Waals surface area contributed by atoms with E-state index in [0.717, 1.165) is 16.9 Å². The van der Waals surface area contributed by atoms with E-state index < -0.39 is 0 Å². The predicted octanol–water partition coefficient (Wildman–Crippen LogP) is 3.22. The Bertz CT molecular complexity index is 292. The Labute approximate surface area is 90.7 Å². The van der Waals surface area contributed by atoms with E-state index in [4.69, 9.17) is 5.73 Å². The van der Waals surface area contributed by atoms with E-state index >= 15 is 0 Å². The summed E-state index contributed by atoms with van der Waals surface area (Å²) < 4.78 is 0.960. The molecular formula is C9H13BrN2S. The molecule has 0 unspecified atom stereocenters. The van der Waals surface area contributed by atoms with Crippen LogP contribution in [0.15, 0.2) is 4.60 Å². The number of rotatable bonds is 2. The number of nitrogens with zero attached hydrogens (tertiary/aromatic N) is 1. The fourth-order valence-corrected chi connectivity index (χ4v) is 3.50. The fraction of sp³-hybridized carbons (Fsp3) is 0.667. The van der Waals surface area contributed by atoms with Crippen LogP contribution in [0.5, 0.6) is 0 Å². The van der Waals surface area contributed by atoms with Crippen LogP contribution in [-0.4, -0.2) is 4.98 Å². The second-order valence-electron chi connectivity index (χ2n) is 3.62. The molecule has 0 aromatic carbocycles. The van der Waals surface area contributed by atoms with Crippen molar-refractivity contribution in [2.75, 3.05) is 5.73 Å². The number of hydrogen-bond acceptors (Lipinski definition) is 3. The summed E-state index contributed by atoms with van der Waals surface area (Å²) in [7, 11) is 0. The van der Waals surface area contributed by atoms with Gasteiger partial charge in [-0.15, -0.1) is 11.3 Å². The van der Waals surface area contributed by atoms with Gasteiger partial charge in [0.15, 0.2) is 5.13 Å². The molecule has 1 aliphatic rings. The third-order valence-corrected chi connectivity index (χ3v) is 4.44. The van der Waals surface area contributed by atoms with Crippen molar-refractivity contribution in [1.29, 1.82) is 0 Å². The number of aromatic nitrogens is 1. The van der Waals surface area contributed by atoms with Crippen molar-refractivity contribution in [3.05, 3.63) is 9.48 Å². The Balaban J connectivity index is 2.03. The van der Waals surface area contributed by atoms with Gasteiger partial charge in [0.25, 0.3) is 0 Å². The molecule has 72 valence electrons. The number of nitrogen functional groups attached to an aromatic ring is 1. The Morgan fingerprint density at radius 1 is 1.46 bits per heavy atom. The smallest absolute Gasteiger partial charge is 0.181 e. The van der Waals surface area contributed by atoms with Crippen molar-refractivity contribution in [2.45, 2.75) is 32.1 Å². The molecule has 2 N–H and O–H groups in total. The van der Waals surface area contributed by atoms with Gasteiger partial charge >= 0.3 is 0 Å². The molecule has 1 aliphatic carbocycles. The van der Waals surface area contributed by atoms with Gasteiger partial charge in [0, 0.05) is 4.88 Å². The van der Waals surface area contributed by atoms with Crippen molar-refractivity contribution >= 4 is 32.4 Å². The van der Waals surface area contributed by atoms with E-state index in [1.807, 2.05) is 0 Å². The highest BCUT2D eigenvalue weighted by molar-refractivity contribution is 9.10. The topological polar surface area (TPSA) is 38.9 Å². The summed E-state index contributed by atoms with van der Waals surface area (Å²) in [5.41, 5.74) is 5.63. The lowest BCUT2D eigenvalue weighted by atomic mass is 10.0. The van der Waals surface area contributed by atoms with Gasteiger partial charge in [0.2, 0.25) is 0 Å². The molecule has 0 aliphatic heterocycles. The van der Waals surface area contributed by atoms with Gasteiger partial charge in [-0.3, -0.25) is 0 Å². The molecule has 1 aromatic heterocycles. The number of anilines is 1. The molecule has 4 heteroatoms. The van der Waals surface area contributed by atoms with Crippen LogP contribution in [0.1, 0.15) is 30.6 Å². The maximum atomic E-state index is 5.63. The van der Waals surface area contributed by atoms with Crippen molar-refractivity contribution in [2.24, 2.45) is 5.92 Å². The van der Waals surface area contributed by atoms with Crippen molar-refractivity contribution in [1.82, 2.24) is 4.98 Å². The van der Waals surface area contributed by atoms with Gasteiger partial charge in [-0.05, 0) is 28.3 Å². The van der Waals surface area contributed by atoms with Gasteiger partial charge in [0.05, 0.1) is 0 Å². The van der Waals surface area contributed by atoms with Crippen LogP contribution in [0.4, 0.5) is 5.13 Å². The summed E-state index contributed by atoms with van der Waals surface area (Å²) in [5, 5.41) is 0.680. The van der Waals surface area contributed by atoms with E-state index in [9.17, 15) is 0 Å². The van der Waals surface area contributed by atoms with Crippen molar-refractivity contribution in [3.63, 3.8) is 0 Å². The standard InChI is InChI=1S/C9H13BrN2S/c10-8-7(13-9(11)12-8)5-6-3-1-2-4-6/h6H,1-5H2,(H2,11,12). The first kappa shape index (κ1) is 9.46. The van der Waals surface area contributed by atoms with Crippen LogP contribution in [0.25, 0.3) is 0 Å². The van der Waals surface area contributed by atoms with Crippen molar-refractivity contribution < 1.29 is 0 Å². The van der Waals surface area contributed by atoms with E-state index in [1.54, 1.807) is 11.3 Å². The zero-order valence-corrected chi connectivity index (χ0v) is 9.83. The normalized spacial score (nSPS) is 18.2. The Kier molecular flexibility index (Phi) is 2.89. The van der Waals surface area contributed by atoms with Gasteiger partial charge < -0.3 is 5.73 Å². The number of hydrogen-bond donors (Lipinski definition) is 1. The van der Waals surface area contributed by atoms with Crippen LogP contribution in [0.2, 0.25) is 0 Å². The van der Waals surface area contributed by atoms with Gasteiger partial charge in [-0.25, -0.2) is 4.98 Å². The first-order valence-electron chi connectivity index (χ1n) is 4.66. The fourth-order valence-electron chi connectivity index (χ4n) is 1.95. The second-order valence-corrected chi connectivity index (χ2v) is 5.49. The molecule has 0 saturated heterocycles. The Morgan fingerprint density at radius 2 is 2.15 bits per heavy atom. The summed E-state index contributed by atoms with van der Waals surface area (Å²) in [5.74, 6) is 0.871. The highest BCUT2D eigenvalue weighted by Crippen LogP contribution is 2.33. The van der Waals surface area contributed by atoms with Gasteiger partial charge in [0.1, 0.15) is 4.60 Å². The number of halogens is 1. The lowest BCUT2D eigenvalue weighted by Crippen LogP contribution is -1.96. The third kappa shape index (κ3) is 2.23. The average molecular weight is 261 g/mol. The second kappa shape index (κ2) is 3.96. The minimum absolute atomic E-state index is 0.680. The summed E-state index contributed by atoms with van der Waals surface area (Å²) in [6.45, 7) is 0. The van der Waals surface area contributed by atoms with Gasteiger partial charge in [-0.2, -0.15) is 0 Å². The first-order valence-corrected chi connectivity index (χ1v) is 6.27. The quantitative estimate of drug-likeness (QED) is 0.887. The van der Waals surface area contributed by atoms with Crippen LogP contribution in [0.3, 0.4) is 0 Å². The molecule has 1 saturated carbocycles. The average Bonchev–Trinajstić information content (AvgIpc) is 2.63. The molecule has 0 bridgehead atoms. The van der Waals surface area contributed by atoms with Gasteiger partial charge in [-0.1, -0.05) is 25.7 Å². The molecule has 1 fully saturated rings. The molecular weight excluding hydrogens is 248 g/mol. The third-order valence-electron chi connectivity index (χ3n) is 2.62. The Hall–Kier alpha value is -0.0900. The molecule has 13 heavy (non-hydrogen) atoms. The summed E-state index contributed by atoms with van der Waals surface area (Å²) in [6.07, 6.45) is 6.72. The number of nitrogens with two attached hydrogens (primary N) is 1. The van der Waals surface area contributed by atoms with Crippen molar-refractivity contribution in [3.8, 4) is 0 Å². The minimum Gasteiger partial charge on any atom is -0.375 e. The highest BCUT2D eigenvalue weighted by Gasteiger charge is 2.18. The van der Waals surface area contributed by atoms with Crippen LogP contribution in [-0.2, 0) is 6.42 Å². The maximum absolute atomic E-state index is 5.63. The van der Waals surface area contributed by atoms with E-state index in [0.29, 0.717) is 5.13 Å². The predicted molar refractivity (Wildman–Crippen MR) is 59.9 cm³/mol. The summed E-state index contributed by atoms with van der Waals surface area (Å²) in [6, 6.07) is 0. The van der Waals surface area contributed by atoms with Crippen LogP contribution >= 0.6 is 27.3 Å².